The maximum atomic E-state index is 4.60. The molecule has 1 atom stereocenters. The molecule has 0 bridgehead atoms. The fraction of sp³-hybridized carbons (Fsp3) is 0.250. The Kier molecular flexibility index (Phi) is 3.27. The van der Waals surface area contributed by atoms with Crippen LogP contribution in [0.25, 0.3) is 16.9 Å². The van der Waals surface area contributed by atoms with Gasteiger partial charge in [-0.25, -0.2) is 4.98 Å². The normalized spacial score (nSPS) is 17.7. The zero-order chi connectivity index (χ0) is 14.8. The van der Waals surface area contributed by atoms with Gasteiger partial charge in [-0.2, -0.15) is 9.67 Å². The lowest BCUT2D eigenvalue weighted by atomic mass is 10.0. The van der Waals surface area contributed by atoms with Crippen molar-refractivity contribution in [2.24, 2.45) is 0 Å². The number of allylic oxidation sites excluding steroid dienone is 1. The van der Waals surface area contributed by atoms with Crippen molar-refractivity contribution in [1.82, 2.24) is 25.0 Å². The molecule has 0 radical (unpaired) electrons. The maximum Gasteiger partial charge on any atom is 0.225 e. The van der Waals surface area contributed by atoms with Crippen LogP contribution in [0, 0.1) is 0 Å². The SMILES string of the molecule is C1=CCC(Nc2ncc3nnn(-c4ccccc4)c3n2)CC1. The summed E-state index contributed by atoms with van der Waals surface area (Å²) in [6.07, 6.45) is 9.36. The summed E-state index contributed by atoms with van der Waals surface area (Å²) in [5, 5.41) is 11.7. The van der Waals surface area contributed by atoms with Crippen molar-refractivity contribution in [3.8, 4) is 5.69 Å². The van der Waals surface area contributed by atoms with Crippen molar-refractivity contribution in [2.75, 3.05) is 5.32 Å². The van der Waals surface area contributed by atoms with Crippen molar-refractivity contribution < 1.29 is 0 Å². The number of rotatable bonds is 3. The molecule has 0 saturated heterocycles. The lowest BCUT2D eigenvalue weighted by Crippen LogP contribution is -2.21. The molecule has 6 heteroatoms. The van der Waals surface area contributed by atoms with Crippen LogP contribution in [-0.4, -0.2) is 31.0 Å². The summed E-state index contributed by atoms with van der Waals surface area (Å²) < 4.78 is 1.74. The summed E-state index contributed by atoms with van der Waals surface area (Å²) in [6.45, 7) is 0. The molecule has 1 aliphatic rings. The topological polar surface area (TPSA) is 68.5 Å². The molecule has 110 valence electrons. The second kappa shape index (κ2) is 5.55. The zero-order valence-corrected chi connectivity index (χ0v) is 12.1. The average Bonchev–Trinajstić information content (AvgIpc) is 3.00. The Bertz CT molecular complexity index is 808. The van der Waals surface area contributed by atoms with Crippen LogP contribution in [0.15, 0.2) is 48.7 Å². The Morgan fingerprint density at radius 1 is 1.14 bits per heavy atom. The number of aromatic nitrogens is 5. The van der Waals surface area contributed by atoms with Gasteiger partial charge < -0.3 is 5.32 Å². The molecule has 6 nitrogen and oxygen atoms in total. The first-order chi connectivity index (χ1) is 10.9. The molecule has 0 saturated carbocycles. The van der Waals surface area contributed by atoms with Crippen molar-refractivity contribution in [3.05, 3.63) is 48.7 Å². The van der Waals surface area contributed by atoms with E-state index < -0.39 is 0 Å². The van der Waals surface area contributed by atoms with Gasteiger partial charge in [0.05, 0.1) is 11.9 Å². The quantitative estimate of drug-likeness (QED) is 0.752. The number of benzene rings is 1. The molecular formula is C16H16N6. The van der Waals surface area contributed by atoms with Crippen LogP contribution in [-0.2, 0) is 0 Å². The number of nitrogens with zero attached hydrogens (tertiary/aromatic N) is 5. The van der Waals surface area contributed by atoms with E-state index in [1.165, 1.54) is 0 Å². The Morgan fingerprint density at radius 2 is 2.05 bits per heavy atom. The second-order valence-electron chi connectivity index (χ2n) is 5.36. The number of fused-ring (bicyclic) bond motifs is 1. The molecule has 1 aromatic carbocycles. The van der Waals surface area contributed by atoms with E-state index in [2.05, 4.69) is 37.7 Å². The molecule has 3 aromatic rings. The van der Waals surface area contributed by atoms with Crippen LogP contribution < -0.4 is 5.32 Å². The van der Waals surface area contributed by atoms with Crippen LogP contribution in [0.3, 0.4) is 0 Å². The van der Waals surface area contributed by atoms with Gasteiger partial charge in [0.25, 0.3) is 0 Å². The van der Waals surface area contributed by atoms with Gasteiger partial charge in [0.1, 0.15) is 0 Å². The van der Waals surface area contributed by atoms with Gasteiger partial charge >= 0.3 is 0 Å². The van der Waals surface area contributed by atoms with Crippen LogP contribution >= 0.6 is 0 Å². The van der Waals surface area contributed by atoms with Gasteiger partial charge in [-0.05, 0) is 31.4 Å². The molecule has 1 N–H and O–H groups in total. The maximum absolute atomic E-state index is 4.60. The lowest BCUT2D eigenvalue weighted by molar-refractivity contribution is 0.639. The smallest absolute Gasteiger partial charge is 0.225 e. The van der Waals surface area contributed by atoms with Crippen LogP contribution in [0.4, 0.5) is 5.95 Å². The van der Waals surface area contributed by atoms with Crippen molar-refractivity contribution in [2.45, 2.75) is 25.3 Å². The largest absolute Gasteiger partial charge is 0.351 e. The van der Waals surface area contributed by atoms with E-state index in [0.717, 1.165) is 30.6 Å². The third-order valence-corrected chi connectivity index (χ3v) is 3.80. The minimum absolute atomic E-state index is 0.392. The molecule has 0 spiro atoms. The highest BCUT2D eigenvalue weighted by Gasteiger charge is 2.13. The molecule has 0 fully saturated rings. The summed E-state index contributed by atoms with van der Waals surface area (Å²) in [5.41, 5.74) is 2.35. The van der Waals surface area contributed by atoms with Crippen molar-refractivity contribution in [3.63, 3.8) is 0 Å². The number of anilines is 1. The summed E-state index contributed by atoms with van der Waals surface area (Å²) in [5.74, 6) is 0.632. The van der Waals surface area contributed by atoms with Crippen LogP contribution in [0.2, 0.25) is 0 Å². The summed E-state index contributed by atoms with van der Waals surface area (Å²) >= 11 is 0. The Labute approximate surface area is 127 Å². The van der Waals surface area contributed by atoms with E-state index in [-0.39, 0.29) is 0 Å². The molecule has 0 aliphatic heterocycles. The number of hydrogen-bond donors (Lipinski definition) is 1. The Hall–Kier alpha value is -2.76. The number of hydrogen-bond acceptors (Lipinski definition) is 5. The standard InChI is InChI=1S/C16H16N6/c1-3-7-12(8-4-1)18-16-17-11-14-15(19-16)22(21-20-14)13-9-5-2-6-10-13/h1-3,5-6,9-12H,4,7-8H2,(H,17,18,19). The third-order valence-electron chi connectivity index (χ3n) is 3.80. The Morgan fingerprint density at radius 3 is 2.86 bits per heavy atom. The number of para-hydroxylation sites is 1. The summed E-state index contributed by atoms with van der Waals surface area (Å²) in [7, 11) is 0. The molecule has 0 amide bonds. The van der Waals surface area contributed by atoms with E-state index in [1.54, 1.807) is 10.9 Å². The zero-order valence-electron chi connectivity index (χ0n) is 12.1. The van der Waals surface area contributed by atoms with Gasteiger partial charge in [-0.15, -0.1) is 5.10 Å². The van der Waals surface area contributed by atoms with Crippen molar-refractivity contribution in [1.29, 1.82) is 0 Å². The molecule has 2 heterocycles. The minimum Gasteiger partial charge on any atom is -0.351 e. The van der Waals surface area contributed by atoms with Gasteiger partial charge in [-0.3, -0.25) is 0 Å². The van der Waals surface area contributed by atoms with Gasteiger partial charge in [0, 0.05) is 6.04 Å². The highest BCUT2D eigenvalue weighted by atomic mass is 15.4. The summed E-state index contributed by atoms with van der Waals surface area (Å²) in [6, 6.07) is 10.3. The Balaban J connectivity index is 1.69. The predicted molar refractivity (Wildman–Crippen MR) is 84.9 cm³/mol. The van der Waals surface area contributed by atoms with Gasteiger partial charge in [0.2, 0.25) is 5.95 Å². The van der Waals surface area contributed by atoms with Crippen LogP contribution in [0.5, 0.6) is 0 Å². The fourth-order valence-electron chi connectivity index (χ4n) is 2.65. The molecule has 22 heavy (non-hydrogen) atoms. The minimum atomic E-state index is 0.392. The highest BCUT2D eigenvalue weighted by molar-refractivity contribution is 5.71. The molecule has 1 aliphatic carbocycles. The van der Waals surface area contributed by atoms with Gasteiger partial charge in [0.15, 0.2) is 11.2 Å². The lowest BCUT2D eigenvalue weighted by Gasteiger charge is -2.18. The van der Waals surface area contributed by atoms with E-state index in [4.69, 9.17) is 0 Å². The van der Waals surface area contributed by atoms with E-state index in [1.807, 2.05) is 30.3 Å². The number of nitrogens with one attached hydrogen (secondary N) is 1. The highest BCUT2D eigenvalue weighted by Crippen LogP contribution is 2.18. The summed E-state index contributed by atoms with van der Waals surface area (Å²) in [4.78, 5) is 8.94. The van der Waals surface area contributed by atoms with E-state index in [9.17, 15) is 0 Å². The molecule has 4 rings (SSSR count). The van der Waals surface area contributed by atoms with Gasteiger partial charge in [-0.1, -0.05) is 35.6 Å². The van der Waals surface area contributed by atoms with E-state index >= 15 is 0 Å². The third kappa shape index (κ3) is 2.43. The molecule has 2 aromatic heterocycles. The average molecular weight is 292 g/mol. The predicted octanol–water partition coefficient (Wildman–Crippen LogP) is 2.73. The first-order valence-corrected chi connectivity index (χ1v) is 7.45. The monoisotopic (exact) mass is 292 g/mol. The molecular weight excluding hydrogens is 276 g/mol. The molecule has 1 unspecified atom stereocenters. The second-order valence-corrected chi connectivity index (χ2v) is 5.36. The first kappa shape index (κ1) is 12.9. The fourth-order valence-corrected chi connectivity index (χ4v) is 2.65. The van der Waals surface area contributed by atoms with E-state index in [0.29, 0.717) is 17.5 Å². The van der Waals surface area contributed by atoms with Crippen LogP contribution in [0.1, 0.15) is 19.3 Å². The van der Waals surface area contributed by atoms with Crippen molar-refractivity contribution >= 4 is 17.1 Å². The first-order valence-electron chi connectivity index (χ1n) is 7.45.